The van der Waals surface area contributed by atoms with E-state index in [9.17, 15) is 13.6 Å². The average Bonchev–Trinajstić information content (AvgIpc) is 2.37. The van der Waals surface area contributed by atoms with Gasteiger partial charge in [-0.15, -0.1) is 0 Å². The summed E-state index contributed by atoms with van der Waals surface area (Å²) in [6, 6.07) is 9.00. The molecule has 0 heterocycles. The predicted molar refractivity (Wildman–Crippen MR) is 79.6 cm³/mol. The molecule has 0 spiro atoms. The van der Waals surface area contributed by atoms with E-state index in [1.165, 1.54) is 4.90 Å². The Morgan fingerprint density at radius 3 is 2.38 bits per heavy atom. The molecule has 0 atom stereocenters. The van der Waals surface area contributed by atoms with Crippen molar-refractivity contribution in [2.75, 3.05) is 11.9 Å². The van der Waals surface area contributed by atoms with E-state index in [0.29, 0.717) is 6.54 Å². The van der Waals surface area contributed by atoms with Crippen molar-refractivity contribution in [3.05, 3.63) is 63.6 Å². The van der Waals surface area contributed by atoms with Gasteiger partial charge in [-0.3, -0.25) is 0 Å². The molecular weight excluding hydrogens is 344 g/mol. The van der Waals surface area contributed by atoms with Crippen molar-refractivity contribution in [2.24, 2.45) is 0 Å². The Kier molecular flexibility index (Phi) is 4.57. The first-order valence-corrected chi connectivity index (χ1v) is 6.85. The zero-order valence-electron chi connectivity index (χ0n) is 11.1. The minimum atomic E-state index is -1.37. The van der Waals surface area contributed by atoms with E-state index in [4.69, 9.17) is 5.11 Å². The molecule has 2 rings (SSSR count). The second kappa shape index (κ2) is 6.22. The van der Waals surface area contributed by atoms with Gasteiger partial charge in [-0.25, -0.2) is 13.6 Å². The Bertz CT molecular complexity index is 668. The fraction of sp³-hybridized carbons (Fsp3) is 0.133. The molecule has 1 N–H and O–H groups in total. The number of aromatic carboxylic acids is 1. The molecule has 0 saturated carbocycles. The van der Waals surface area contributed by atoms with Gasteiger partial charge in [-0.05, 0) is 29.8 Å². The normalized spacial score (nSPS) is 10.5. The topological polar surface area (TPSA) is 40.5 Å². The smallest absolute Gasteiger partial charge is 0.335 e. The SMILES string of the molecule is CN(Cc1cccc(Br)c1)c1c(F)cc(C(=O)O)cc1F. The Morgan fingerprint density at radius 1 is 1.24 bits per heavy atom. The molecule has 0 aliphatic heterocycles. The molecule has 0 unspecified atom stereocenters. The van der Waals surface area contributed by atoms with Crippen LogP contribution >= 0.6 is 15.9 Å². The van der Waals surface area contributed by atoms with E-state index >= 15 is 0 Å². The van der Waals surface area contributed by atoms with E-state index in [0.717, 1.165) is 22.2 Å². The van der Waals surface area contributed by atoms with Gasteiger partial charge in [0, 0.05) is 18.1 Å². The second-order valence-electron chi connectivity index (χ2n) is 4.58. The largest absolute Gasteiger partial charge is 0.478 e. The van der Waals surface area contributed by atoms with Crippen molar-refractivity contribution < 1.29 is 18.7 Å². The summed E-state index contributed by atoms with van der Waals surface area (Å²) in [5.41, 5.74) is 0.206. The molecule has 0 radical (unpaired) electrons. The lowest BCUT2D eigenvalue weighted by Crippen LogP contribution is -2.19. The molecule has 110 valence electrons. The van der Waals surface area contributed by atoms with Crippen molar-refractivity contribution in [2.45, 2.75) is 6.54 Å². The van der Waals surface area contributed by atoms with Gasteiger partial charge in [0.05, 0.1) is 5.56 Å². The summed E-state index contributed by atoms with van der Waals surface area (Å²) in [6.45, 7) is 0.291. The molecule has 0 fully saturated rings. The van der Waals surface area contributed by atoms with Gasteiger partial charge in [-0.1, -0.05) is 28.1 Å². The van der Waals surface area contributed by atoms with Gasteiger partial charge in [0.25, 0.3) is 0 Å². The number of anilines is 1. The van der Waals surface area contributed by atoms with E-state index in [1.54, 1.807) is 7.05 Å². The van der Waals surface area contributed by atoms with Gasteiger partial charge in [0.2, 0.25) is 0 Å². The second-order valence-corrected chi connectivity index (χ2v) is 5.50. The van der Waals surface area contributed by atoms with Crippen LogP contribution in [-0.4, -0.2) is 18.1 Å². The molecule has 0 aromatic heterocycles. The monoisotopic (exact) mass is 355 g/mol. The molecular formula is C15H12BrF2NO2. The Hall–Kier alpha value is -1.95. The Morgan fingerprint density at radius 2 is 1.86 bits per heavy atom. The number of carboxylic acid groups (broad SMARTS) is 1. The molecule has 0 amide bonds. The zero-order valence-corrected chi connectivity index (χ0v) is 12.7. The van der Waals surface area contributed by atoms with Crippen LogP contribution in [0, 0.1) is 11.6 Å². The predicted octanol–water partition coefficient (Wildman–Crippen LogP) is 4.06. The first-order chi connectivity index (χ1) is 9.88. The van der Waals surface area contributed by atoms with Crippen molar-refractivity contribution in [1.29, 1.82) is 0 Å². The molecule has 0 bridgehead atoms. The maximum atomic E-state index is 13.9. The Balaban J connectivity index is 2.31. The molecule has 0 aliphatic rings. The first-order valence-electron chi connectivity index (χ1n) is 6.06. The summed E-state index contributed by atoms with van der Waals surface area (Å²) in [5.74, 6) is -3.16. The lowest BCUT2D eigenvalue weighted by atomic mass is 10.1. The highest BCUT2D eigenvalue weighted by Crippen LogP contribution is 2.26. The van der Waals surface area contributed by atoms with Gasteiger partial charge < -0.3 is 10.0 Å². The van der Waals surface area contributed by atoms with Crippen LogP contribution in [0.4, 0.5) is 14.5 Å². The average molecular weight is 356 g/mol. The highest BCUT2D eigenvalue weighted by Gasteiger charge is 2.18. The van der Waals surface area contributed by atoms with Crippen LogP contribution in [0.1, 0.15) is 15.9 Å². The highest BCUT2D eigenvalue weighted by molar-refractivity contribution is 9.10. The number of carboxylic acids is 1. The molecule has 0 saturated heterocycles. The van der Waals surface area contributed by atoms with Crippen molar-refractivity contribution >= 4 is 27.6 Å². The molecule has 21 heavy (non-hydrogen) atoms. The highest BCUT2D eigenvalue weighted by atomic mass is 79.9. The van der Waals surface area contributed by atoms with Gasteiger partial charge in [-0.2, -0.15) is 0 Å². The lowest BCUT2D eigenvalue weighted by molar-refractivity contribution is 0.0695. The minimum Gasteiger partial charge on any atom is -0.478 e. The van der Waals surface area contributed by atoms with E-state index in [2.05, 4.69) is 15.9 Å². The molecule has 0 aliphatic carbocycles. The van der Waals surface area contributed by atoms with Crippen LogP contribution in [0.3, 0.4) is 0 Å². The minimum absolute atomic E-state index is 0.250. The third-order valence-electron chi connectivity index (χ3n) is 2.95. The Labute approximate surface area is 128 Å². The molecule has 2 aromatic rings. The van der Waals surface area contributed by atoms with E-state index in [1.807, 2.05) is 24.3 Å². The fourth-order valence-electron chi connectivity index (χ4n) is 2.04. The van der Waals surface area contributed by atoms with Crippen molar-refractivity contribution in [1.82, 2.24) is 0 Å². The maximum absolute atomic E-state index is 13.9. The summed E-state index contributed by atoms with van der Waals surface area (Å²) in [4.78, 5) is 12.2. The number of benzene rings is 2. The van der Waals surface area contributed by atoms with Crippen LogP contribution in [-0.2, 0) is 6.54 Å². The summed E-state index contributed by atoms with van der Waals surface area (Å²) in [7, 11) is 1.54. The van der Waals surface area contributed by atoms with Gasteiger partial charge in [0.1, 0.15) is 17.3 Å². The summed E-state index contributed by atoms with van der Waals surface area (Å²) < 4.78 is 28.8. The molecule has 6 heteroatoms. The van der Waals surface area contributed by atoms with E-state index < -0.39 is 23.2 Å². The van der Waals surface area contributed by atoms with Crippen LogP contribution in [0.2, 0.25) is 0 Å². The van der Waals surface area contributed by atoms with Gasteiger partial charge >= 0.3 is 5.97 Å². The standard InChI is InChI=1S/C15H12BrF2NO2/c1-19(8-9-3-2-4-11(16)5-9)14-12(17)6-10(15(20)21)7-13(14)18/h2-7H,8H2,1H3,(H,20,21). The quantitative estimate of drug-likeness (QED) is 0.898. The number of hydrogen-bond acceptors (Lipinski definition) is 2. The van der Waals surface area contributed by atoms with Crippen LogP contribution < -0.4 is 4.90 Å². The number of hydrogen-bond donors (Lipinski definition) is 1. The van der Waals surface area contributed by atoms with Crippen molar-refractivity contribution in [3.63, 3.8) is 0 Å². The first kappa shape index (κ1) is 15.4. The van der Waals surface area contributed by atoms with Crippen LogP contribution in [0.25, 0.3) is 0 Å². The molecule has 3 nitrogen and oxygen atoms in total. The zero-order chi connectivity index (χ0) is 15.6. The van der Waals surface area contributed by atoms with Crippen molar-refractivity contribution in [3.8, 4) is 0 Å². The fourth-order valence-corrected chi connectivity index (χ4v) is 2.49. The summed E-state index contributed by atoms with van der Waals surface area (Å²) in [6.07, 6.45) is 0. The summed E-state index contributed by atoms with van der Waals surface area (Å²) >= 11 is 3.33. The number of halogens is 3. The third kappa shape index (κ3) is 3.58. The van der Waals surface area contributed by atoms with Crippen LogP contribution in [0.15, 0.2) is 40.9 Å². The number of carbonyl (C=O) groups is 1. The van der Waals surface area contributed by atoms with Crippen LogP contribution in [0.5, 0.6) is 0 Å². The number of rotatable bonds is 4. The third-order valence-corrected chi connectivity index (χ3v) is 3.45. The summed E-state index contributed by atoms with van der Waals surface area (Å²) in [5, 5.41) is 8.78. The molecule has 2 aromatic carbocycles. The number of nitrogens with zero attached hydrogens (tertiary/aromatic N) is 1. The maximum Gasteiger partial charge on any atom is 0.335 e. The van der Waals surface area contributed by atoms with Gasteiger partial charge in [0.15, 0.2) is 0 Å². The lowest BCUT2D eigenvalue weighted by Gasteiger charge is -2.21. The van der Waals surface area contributed by atoms with E-state index in [-0.39, 0.29) is 5.69 Å².